The smallest absolute Gasteiger partial charge is 0.219 e. The molecule has 1 heterocycles. The number of benzene rings is 1. The van der Waals surface area contributed by atoms with Crippen LogP contribution in [-0.2, 0) is 4.79 Å². The molecule has 1 aliphatic rings. The van der Waals surface area contributed by atoms with Gasteiger partial charge in [-0.1, -0.05) is 6.07 Å². The van der Waals surface area contributed by atoms with Crippen LogP contribution in [0.15, 0.2) is 18.2 Å². The number of nitrogens with one attached hydrogen (secondary N) is 1. The van der Waals surface area contributed by atoms with Crippen LogP contribution in [0.4, 0.5) is 5.69 Å². The van der Waals surface area contributed by atoms with E-state index >= 15 is 0 Å². The molecule has 1 saturated heterocycles. The van der Waals surface area contributed by atoms with Crippen LogP contribution in [0.3, 0.4) is 0 Å². The molecule has 2 rings (SSSR count). The minimum absolute atomic E-state index is 0.173. The number of aryl methyl sites for hydroxylation is 1. The van der Waals surface area contributed by atoms with E-state index in [4.69, 9.17) is 4.74 Å². The number of amides is 1. The van der Waals surface area contributed by atoms with E-state index in [9.17, 15) is 4.79 Å². The lowest BCUT2D eigenvalue weighted by molar-refractivity contribution is -0.129. The van der Waals surface area contributed by atoms with Gasteiger partial charge in [-0.25, -0.2) is 0 Å². The molecule has 104 valence electrons. The summed E-state index contributed by atoms with van der Waals surface area (Å²) in [6, 6.07) is 6.55. The third-order valence-corrected chi connectivity index (χ3v) is 3.65. The fraction of sp³-hybridized carbons (Fsp3) is 0.533. The van der Waals surface area contributed by atoms with Crippen molar-refractivity contribution in [3.8, 4) is 5.75 Å². The minimum atomic E-state index is 0.173. The van der Waals surface area contributed by atoms with E-state index in [0.717, 1.165) is 37.4 Å². The zero-order chi connectivity index (χ0) is 13.8. The van der Waals surface area contributed by atoms with Crippen molar-refractivity contribution < 1.29 is 9.53 Å². The number of piperidine rings is 1. The second kappa shape index (κ2) is 5.95. The fourth-order valence-corrected chi connectivity index (χ4v) is 2.49. The SMILES string of the molecule is COc1ccc(C)cc1NC1CCN(C(C)=O)CC1. The van der Waals surface area contributed by atoms with Crippen LogP contribution in [0.5, 0.6) is 5.75 Å². The maximum Gasteiger partial charge on any atom is 0.219 e. The molecule has 0 bridgehead atoms. The molecule has 19 heavy (non-hydrogen) atoms. The summed E-state index contributed by atoms with van der Waals surface area (Å²) < 4.78 is 5.37. The van der Waals surface area contributed by atoms with Crippen molar-refractivity contribution in [2.75, 3.05) is 25.5 Å². The predicted octanol–water partition coefficient (Wildman–Crippen LogP) is 2.43. The topological polar surface area (TPSA) is 41.6 Å². The number of anilines is 1. The molecule has 1 fully saturated rings. The van der Waals surface area contributed by atoms with E-state index in [2.05, 4.69) is 18.3 Å². The Balaban J connectivity index is 1.99. The molecule has 0 radical (unpaired) electrons. The van der Waals surface area contributed by atoms with Crippen molar-refractivity contribution in [1.29, 1.82) is 0 Å². The van der Waals surface area contributed by atoms with Gasteiger partial charge in [0.05, 0.1) is 12.8 Å². The lowest BCUT2D eigenvalue weighted by Crippen LogP contribution is -2.41. The number of hydrogen-bond donors (Lipinski definition) is 1. The Bertz CT molecular complexity index is 451. The summed E-state index contributed by atoms with van der Waals surface area (Å²) in [6.07, 6.45) is 1.97. The second-order valence-corrected chi connectivity index (χ2v) is 5.13. The minimum Gasteiger partial charge on any atom is -0.495 e. The first kappa shape index (κ1) is 13.7. The number of carbonyl (C=O) groups is 1. The van der Waals surface area contributed by atoms with Gasteiger partial charge in [0.15, 0.2) is 0 Å². The largest absolute Gasteiger partial charge is 0.495 e. The number of ether oxygens (including phenoxy) is 1. The first-order chi connectivity index (χ1) is 9.10. The third-order valence-electron chi connectivity index (χ3n) is 3.65. The van der Waals surface area contributed by atoms with Crippen molar-refractivity contribution in [1.82, 2.24) is 4.90 Å². The average molecular weight is 262 g/mol. The van der Waals surface area contributed by atoms with E-state index in [1.54, 1.807) is 14.0 Å². The Kier molecular flexibility index (Phi) is 4.30. The normalized spacial score (nSPS) is 16.3. The first-order valence-electron chi connectivity index (χ1n) is 6.77. The first-order valence-corrected chi connectivity index (χ1v) is 6.77. The summed E-state index contributed by atoms with van der Waals surface area (Å²) in [6.45, 7) is 5.38. The second-order valence-electron chi connectivity index (χ2n) is 5.13. The highest BCUT2D eigenvalue weighted by Crippen LogP contribution is 2.27. The molecule has 0 saturated carbocycles. The molecular weight excluding hydrogens is 240 g/mol. The monoisotopic (exact) mass is 262 g/mol. The summed E-state index contributed by atoms with van der Waals surface area (Å²) in [5.41, 5.74) is 2.26. The van der Waals surface area contributed by atoms with Gasteiger partial charge in [-0.05, 0) is 37.5 Å². The molecule has 4 nitrogen and oxygen atoms in total. The van der Waals surface area contributed by atoms with Gasteiger partial charge in [0, 0.05) is 26.1 Å². The number of methoxy groups -OCH3 is 1. The van der Waals surface area contributed by atoms with Gasteiger partial charge < -0.3 is 15.0 Å². The van der Waals surface area contributed by atoms with Crippen LogP contribution in [0, 0.1) is 6.92 Å². The highest BCUT2D eigenvalue weighted by atomic mass is 16.5. The van der Waals surface area contributed by atoms with Gasteiger partial charge in [-0.3, -0.25) is 4.79 Å². The predicted molar refractivity (Wildman–Crippen MR) is 76.6 cm³/mol. The van der Waals surface area contributed by atoms with Gasteiger partial charge >= 0.3 is 0 Å². The maximum atomic E-state index is 11.3. The van der Waals surface area contributed by atoms with Crippen molar-refractivity contribution in [2.24, 2.45) is 0 Å². The van der Waals surface area contributed by atoms with E-state index in [1.165, 1.54) is 5.56 Å². The number of carbonyl (C=O) groups excluding carboxylic acids is 1. The summed E-state index contributed by atoms with van der Waals surface area (Å²) >= 11 is 0. The Morgan fingerprint density at radius 3 is 2.63 bits per heavy atom. The molecule has 1 amide bonds. The molecule has 0 spiro atoms. The van der Waals surface area contributed by atoms with Crippen molar-refractivity contribution in [3.63, 3.8) is 0 Å². The third kappa shape index (κ3) is 3.40. The van der Waals surface area contributed by atoms with Gasteiger partial charge in [0.2, 0.25) is 5.91 Å². The molecule has 0 aliphatic carbocycles. The molecular formula is C15H22N2O2. The Labute approximate surface area is 114 Å². The van der Waals surface area contributed by atoms with E-state index in [1.807, 2.05) is 17.0 Å². The molecule has 1 aromatic carbocycles. The van der Waals surface area contributed by atoms with Crippen LogP contribution in [0.25, 0.3) is 0 Å². The fourth-order valence-electron chi connectivity index (χ4n) is 2.49. The highest BCUT2D eigenvalue weighted by molar-refractivity contribution is 5.73. The summed E-state index contributed by atoms with van der Waals surface area (Å²) in [4.78, 5) is 13.2. The van der Waals surface area contributed by atoms with Gasteiger partial charge in [-0.2, -0.15) is 0 Å². The van der Waals surface area contributed by atoms with E-state index in [0.29, 0.717) is 6.04 Å². The summed E-state index contributed by atoms with van der Waals surface area (Å²) in [5.74, 6) is 1.05. The molecule has 1 N–H and O–H groups in total. The maximum absolute atomic E-state index is 11.3. The Morgan fingerprint density at radius 2 is 2.05 bits per heavy atom. The molecule has 0 unspecified atom stereocenters. The molecule has 1 aliphatic heterocycles. The molecule has 0 aromatic heterocycles. The van der Waals surface area contributed by atoms with Crippen LogP contribution < -0.4 is 10.1 Å². The number of nitrogens with zero attached hydrogens (tertiary/aromatic N) is 1. The molecule has 4 heteroatoms. The summed E-state index contributed by atoms with van der Waals surface area (Å²) in [5, 5.41) is 3.54. The number of likely N-dealkylation sites (tertiary alicyclic amines) is 1. The quantitative estimate of drug-likeness (QED) is 0.909. The molecule has 0 atom stereocenters. The zero-order valence-electron chi connectivity index (χ0n) is 11.9. The van der Waals surface area contributed by atoms with Crippen molar-refractivity contribution in [3.05, 3.63) is 23.8 Å². The average Bonchev–Trinajstić information content (AvgIpc) is 2.39. The highest BCUT2D eigenvalue weighted by Gasteiger charge is 2.21. The lowest BCUT2D eigenvalue weighted by Gasteiger charge is -2.32. The number of rotatable bonds is 3. The Hall–Kier alpha value is -1.71. The lowest BCUT2D eigenvalue weighted by atomic mass is 10.0. The van der Waals surface area contributed by atoms with Crippen molar-refractivity contribution in [2.45, 2.75) is 32.7 Å². The van der Waals surface area contributed by atoms with E-state index < -0.39 is 0 Å². The number of hydrogen-bond acceptors (Lipinski definition) is 3. The van der Waals surface area contributed by atoms with Crippen LogP contribution in [0.2, 0.25) is 0 Å². The molecule has 1 aromatic rings. The van der Waals surface area contributed by atoms with Gasteiger partial charge in [-0.15, -0.1) is 0 Å². The van der Waals surface area contributed by atoms with Gasteiger partial charge in [0.25, 0.3) is 0 Å². The van der Waals surface area contributed by atoms with Gasteiger partial charge in [0.1, 0.15) is 5.75 Å². The standard InChI is InChI=1S/C15H22N2O2/c1-11-4-5-15(19-3)14(10-11)16-13-6-8-17(9-7-13)12(2)18/h4-5,10,13,16H,6-9H2,1-3H3. The van der Waals surface area contributed by atoms with Crippen LogP contribution >= 0.6 is 0 Å². The Morgan fingerprint density at radius 1 is 1.37 bits per heavy atom. The zero-order valence-corrected chi connectivity index (χ0v) is 11.9. The summed E-state index contributed by atoms with van der Waals surface area (Å²) in [7, 11) is 1.69. The van der Waals surface area contributed by atoms with E-state index in [-0.39, 0.29) is 5.91 Å². The van der Waals surface area contributed by atoms with Crippen LogP contribution in [0.1, 0.15) is 25.3 Å². The van der Waals surface area contributed by atoms with Crippen molar-refractivity contribution >= 4 is 11.6 Å². The van der Waals surface area contributed by atoms with Crippen LogP contribution in [-0.4, -0.2) is 37.0 Å².